The molecule has 1 amide bonds. The smallest absolute Gasteiger partial charge is 0.223 e. The highest BCUT2D eigenvalue weighted by Gasteiger charge is 2.53. The maximum atomic E-state index is 12.0. The Hall–Kier alpha value is -0.280. The fraction of sp³-hybridized carbons (Fsp3) is 0.923. The Balaban J connectivity index is 0.00000144. The van der Waals surface area contributed by atoms with Gasteiger partial charge in [0.15, 0.2) is 0 Å². The second kappa shape index (κ2) is 5.57. The summed E-state index contributed by atoms with van der Waals surface area (Å²) >= 11 is 0. The van der Waals surface area contributed by atoms with Crippen LogP contribution in [-0.4, -0.2) is 24.5 Å². The van der Waals surface area contributed by atoms with Crippen LogP contribution >= 0.6 is 12.4 Å². The molecule has 0 aromatic carbocycles. The second-order valence-corrected chi connectivity index (χ2v) is 5.85. The van der Waals surface area contributed by atoms with Gasteiger partial charge in [-0.2, -0.15) is 0 Å². The van der Waals surface area contributed by atoms with Crippen LogP contribution in [0.4, 0.5) is 0 Å². The van der Waals surface area contributed by atoms with Gasteiger partial charge < -0.3 is 10.6 Å². The molecule has 0 spiro atoms. The van der Waals surface area contributed by atoms with Crippen molar-refractivity contribution in [2.24, 2.45) is 11.3 Å². The van der Waals surface area contributed by atoms with Crippen molar-refractivity contribution in [1.82, 2.24) is 10.6 Å². The number of hydrogen-bond acceptors (Lipinski definition) is 2. The molecule has 1 saturated carbocycles. The SMILES string of the molecule is CCC1(C)CC1C(=O)NC1CCNC(C)C1.Cl. The minimum atomic E-state index is 0. The van der Waals surface area contributed by atoms with Crippen molar-refractivity contribution in [2.45, 2.75) is 58.5 Å². The topological polar surface area (TPSA) is 41.1 Å². The number of carbonyl (C=O) groups is 1. The third-order valence-electron chi connectivity index (χ3n) is 4.45. The largest absolute Gasteiger partial charge is 0.353 e. The Morgan fingerprint density at radius 1 is 1.53 bits per heavy atom. The summed E-state index contributed by atoms with van der Waals surface area (Å²) in [6.07, 6.45) is 4.34. The van der Waals surface area contributed by atoms with Crippen molar-refractivity contribution in [3.8, 4) is 0 Å². The van der Waals surface area contributed by atoms with Crippen molar-refractivity contribution in [3.63, 3.8) is 0 Å². The summed E-state index contributed by atoms with van der Waals surface area (Å²) in [7, 11) is 0. The van der Waals surface area contributed by atoms with Gasteiger partial charge in [0.1, 0.15) is 0 Å². The van der Waals surface area contributed by atoms with Crippen LogP contribution in [0.3, 0.4) is 0 Å². The molecule has 100 valence electrons. The first-order valence-electron chi connectivity index (χ1n) is 6.59. The van der Waals surface area contributed by atoms with E-state index in [4.69, 9.17) is 0 Å². The van der Waals surface area contributed by atoms with Gasteiger partial charge in [-0.05, 0) is 44.6 Å². The summed E-state index contributed by atoms with van der Waals surface area (Å²) < 4.78 is 0. The van der Waals surface area contributed by atoms with E-state index in [-0.39, 0.29) is 18.3 Å². The van der Waals surface area contributed by atoms with Gasteiger partial charge in [0.05, 0.1) is 0 Å². The number of halogens is 1. The predicted octanol–water partition coefficient (Wildman–Crippen LogP) is 2.10. The van der Waals surface area contributed by atoms with Crippen LogP contribution in [-0.2, 0) is 4.79 Å². The van der Waals surface area contributed by atoms with Crippen LogP contribution in [0, 0.1) is 11.3 Å². The van der Waals surface area contributed by atoms with Crippen molar-refractivity contribution in [3.05, 3.63) is 0 Å². The molecule has 1 saturated heterocycles. The van der Waals surface area contributed by atoms with Gasteiger partial charge >= 0.3 is 0 Å². The van der Waals surface area contributed by atoms with Gasteiger partial charge in [-0.15, -0.1) is 12.4 Å². The van der Waals surface area contributed by atoms with Crippen LogP contribution in [0.5, 0.6) is 0 Å². The molecule has 3 nitrogen and oxygen atoms in total. The van der Waals surface area contributed by atoms with E-state index in [0.717, 1.165) is 32.2 Å². The standard InChI is InChI=1S/C13H24N2O.ClH/c1-4-13(3)8-11(13)12(16)15-10-5-6-14-9(2)7-10;/h9-11,14H,4-8H2,1-3H3,(H,15,16);1H. The summed E-state index contributed by atoms with van der Waals surface area (Å²) in [5, 5.41) is 6.63. The maximum Gasteiger partial charge on any atom is 0.223 e. The Kier molecular flexibility index (Phi) is 4.85. The third kappa shape index (κ3) is 3.35. The number of amides is 1. The molecule has 0 radical (unpaired) electrons. The molecule has 4 heteroatoms. The van der Waals surface area contributed by atoms with Crippen molar-refractivity contribution < 1.29 is 4.79 Å². The molecule has 2 aliphatic rings. The fourth-order valence-electron chi connectivity index (χ4n) is 2.77. The number of rotatable bonds is 3. The first kappa shape index (κ1) is 14.8. The van der Waals surface area contributed by atoms with Crippen molar-refractivity contribution in [2.75, 3.05) is 6.54 Å². The Morgan fingerprint density at radius 2 is 2.24 bits per heavy atom. The highest BCUT2D eigenvalue weighted by atomic mass is 35.5. The molecule has 4 unspecified atom stereocenters. The molecule has 1 aliphatic carbocycles. The van der Waals surface area contributed by atoms with Gasteiger partial charge in [0.2, 0.25) is 5.91 Å². The Morgan fingerprint density at radius 3 is 2.76 bits per heavy atom. The molecule has 1 aliphatic heterocycles. The summed E-state index contributed by atoms with van der Waals surface area (Å²) in [6.45, 7) is 7.62. The average molecular weight is 261 g/mol. The first-order chi connectivity index (χ1) is 7.55. The van der Waals surface area contributed by atoms with Gasteiger partial charge in [-0.3, -0.25) is 4.79 Å². The number of carbonyl (C=O) groups excluding carboxylic acids is 1. The number of hydrogen-bond donors (Lipinski definition) is 2. The zero-order valence-corrected chi connectivity index (χ0v) is 11.9. The molecule has 2 fully saturated rings. The predicted molar refractivity (Wildman–Crippen MR) is 72.4 cm³/mol. The van der Waals surface area contributed by atoms with Crippen LogP contribution in [0.15, 0.2) is 0 Å². The van der Waals surface area contributed by atoms with Crippen LogP contribution in [0.1, 0.15) is 46.5 Å². The van der Waals surface area contributed by atoms with Crippen LogP contribution in [0.25, 0.3) is 0 Å². The van der Waals surface area contributed by atoms with Gasteiger partial charge in [0.25, 0.3) is 0 Å². The van der Waals surface area contributed by atoms with E-state index < -0.39 is 0 Å². The molecule has 0 bridgehead atoms. The Bertz CT molecular complexity index is 285. The zero-order valence-electron chi connectivity index (χ0n) is 11.1. The molecule has 1 heterocycles. The summed E-state index contributed by atoms with van der Waals surface area (Å²) in [5.41, 5.74) is 0.294. The second-order valence-electron chi connectivity index (χ2n) is 5.85. The third-order valence-corrected chi connectivity index (χ3v) is 4.45. The lowest BCUT2D eigenvalue weighted by Gasteiger charge is -2.28. The molecule has 2 rings (SSSR count). The molecule has 17 heavy (non-hydrogen) atoms. The lowest BCUT2D eigenvalue weighted by molar-refractivity contribution is -0.124. The lowest BCUT2D eigenvalue weighted by atomic mass is 9.99. The van der Waals surface area contributed by atoms with Gasteiger partial charge in [0, 0.05) is 18.0 Å². The van der Waals surface area contributed by atoms with E-state index in [1.165, 1.54) is 0 Å². The van der Waals surface area contributed by atoms with E-state index in [9.17, 15) is 4.79 Å². The van der Waals surface area contributed by atoms with E-state index in [1.807, 2.05) is 0 Å². The maximum absolute atomic E-state index is 12.0. The molecular weight excluding hydrogens is 236 g/mol. The zero-order chi connectivity index (χ0) is 11.8. The molecular formula is C13H25ClN2O. The minimum absolute atomic E-state index is 0. The minimum Gasteiger partial charge on any atom is -0.353 e. The van der Waals surface area contributed by atoms with Gasteiger partial charge in [-0.1, -0.05) is 13.8 Å². The molecule has 2 N–H and O–H groups in total. The highest BCUT2D eigenvalue weighted by molar-refractivity contribution is 5.85. The van der Waals surface area contributed by atoms with E-state index in [0.29, 0.717) is 23.4 Å². The van der Waals surface area contributed by atoms with Crippen LogP contribution < -0.4 is 10.6 Å². The molecule has 4 atom stereocenters. The Labute approximate surface area is 111 Å². The quantitative estimate of drug-likeness (QED) is 0.816. The number of nitrogens with one attached hydrogen (secondary N) is 2. The fourth-order valence-corrected chi connectivity index (χ4v) is 2.77. The van der Waals surface area contributed by atoms with E-state index in [2.05, 4.69) is 31.4 Å². The van der Waals surface area contributed by atoms with Crippen molar-refractivity contribution in [1.29, 1.82) is 0 Å². The summed E-state index contributed by atoms with van der Waals surface area (Å²) in [5.74, 6) is 0.575. The summed E-state index contributed by atoms with van der Waals surface area (Å²) in [4.78, 5) is 12.0. The van der Waals surface area contributed by atoms with Crippen LogP contribution in [0.2, 0.25) is 0 Å². The normalized spacial score (nSPS) is 40.3. The van der Waals surface area contributed by atoms with E-state index in [1.54, 1.807) is 0 Å². The lowest BCUT2D eigenvalue weighted by Crippen LogP contribution is -2.47. The van der Waals surface area contributed by atoms with Gasteiger partial charge in [-0.25, -0.2) is 0 Å². The highest BCUT2D eigenvalue weighted by Crippen LogP contribution is 2.54. The molecule has 0 aromatic rings. The first-order valence-corrected chi connectivity index (χ1v) is 6.59. The average Bonchev–Trinajstić information content (AvgIpc) is 2.92. The summed E-state index contributed by atoms with van der Waals surface area (Å²) in [6, 6.07) is 0.932. The monoisotopic (exact) mass is 260 g/mol. The van der Waals surface area contributed by atoms with E-state index >= 15 is 0 Å². The van der Waals surface area contributed by atoms with Crippen molar-refractivity contribution >= 4 is 18.3 Å². The number of piperidine rings is 1. The molecule has 0 aromatic heterocycles.